The van der Waals surface area contributed by atoms with Crippen LogP contribution in [0.5, 0.6) is 0 Å². The van der Waals surface area contributed by atoms with E-state index in [1.54, 1.807) is 0 Å². The Labute approximate surface area is 120 Å². The van der Waals surface area contributed by atoms with Crippen LogP contribution in [0.1, 0.15) is 43.7 Å². The predicted octanol–water partition coefficient (Wildman–Crippen LogP) is 2.69. The van der Waals surface area contributed by atoms with E-state index in [1.807, 2.05) is 32.0 Å². The van der Waals surface area contributed by atoms with Gasteiger partial charge in [-0.2, -0.15) is 0 Å². The SMILES string of the molecule is Cc1cccc(CCC(=O)NC(C)CCCC(=O)O)c1. The van der Waals surface area contributed by atoms with Gasteiger partial charge in [0.05, 0.1) is 0 Å². The predicted molar refractivity (Wildman–Crippen MR) is 78.6 cm³/mol. The number of hydrogen-bond acceptors (Lipinski definition) is 2. The third kappa shape index (κ3) is 6.92. The number of carbonyl (C=O) groups excluding carboxylic acids is 1. The van der Waals surface area contributed by atoms with E-state index in [1.165, 1.54) is 11.1 Å². The standard InChI is InChI=1S/C16H23NO3/c1-12-5-3-7-14(11-12)9-10-15(18)17-13(2)6-4-8-16(19)20/h3,5,7,11,13H,4,6,8-10H2,1-2H3,(H,17,18)(H,19,20). The summed E-state index contributed by atoms with van der Waals surface area (Å²) in [6.45, 7) is 3.94. The molecule has 110 valence electrons. The quantitative estimate of drug-likeness (QED) is 0.767. The molecule has 4 nitrogen and oxygen atoms in total. The van der Waals surface area contributed by atoms with Crippen molar-refractivity contribution >= 4 is 11.9 Å². The lowest BCUT2D eigenvalue weighted by atomic mass is 10.1. The largest absolute Gasteiger partial charge is 0.481 e. The van der Waals surface area contributed by atoms with Gasteiger partial charge in [-0.25, -0.2) is 0 Å². The van der Waals surface area contributed by atoms with Crippen molar-refractivity contribution in [2.75, 3.05) is 0 Å². The Morgan fingerprint density at radius 3 is 2.70 bits per heavy atom. The second-order valence-electron chi connectivity index (χ2n) is 5.24. The zero-order chi connectivity index (χ0) is 15.0. The van der Waals surface area contributed by atoms with Crippen LogP contribution in [0.3, 0.4) is 0 Å². The minimum Gasteiger partial charge on any atom is -0.481 e. The molecular weight excluding hydrogens is 254 g/mol. The molecule has 0 spiro atoms. The van der Waals surface area contributed by atoms with E-state index in [0.29, 0.717) is 19.3 Å². The van der Waals surface area contributed by atoms with E-state index < -0.39 is 5.97 Å². The highest BCUT2D eigenvalue weighted by Gasteiger charge is 2.08. The van der Waals surface area contributed by atoms with Gasteiger partial charge in [-0.05, 0) is 38.7 Å². The lowest BCUT2D eigenvalue weighted by molar-refractivity contribution is -0.137. The first-order chi connectivity index (χ1) is 9.47. The van der Waals surface area contributed by atoms with Crippen LogP contribution in [0.2, 0.25) is 0 Å². The lowest BCUT2D eigenvalue weighted by Crippen LogP contribution is -2.32. The molecule has 1 aromatic carbocycles. The smallest absolute Gasteiger partial charge is 0.303 e. The highest BCUT2D eigenvalue weighted by atomic mass is 16.4. The van der Waals surface area contributed by atoms with Gasteiger partial charge in [-0.3, -0.25) is 9.59 Å². The van der Waals surface area contributed by atoms with Crippen LogP contribution in [0, 0.1) is 6.92 Å². The van der Waals surface area contributed by atoms with Crippen molar-refractivity contribution in [2.45, 2.75) is 52.0 Å². The Morgan fingerprint density at radius 1 is 1.30 bits per heavy atom. The fourth-order valence-corrected chi connectivity index (χ4v) is 2.10. The number of nitrogens with one attached hydrogen (secondary N) is 1. The van der Waals surface area contributed by atoms with Crippen LogP contribution in [-0.4, -0.2) is 23.0 Å². The molecule has 1 rings (SSSR count). The van der Waals surface area contributed by atoms with Crippen molar-refractivity contribution in [3.8, 4) is 0 Å². The average molecular weight is 277 g/mol. The summed E-state index contributed by atoms with van der Waals surface area (Å²) in [5.41, 5.74) is 2.36. The first-order valence-electron chi connectivity index (χ1n) is 7.04. The number of rotatable bonds is 8. The molecular formula is C16H23NO3. The van der Waals surface area contributed by atoms with Gasteiger partial charge in [0.25, 0.3) is 0 Å². The molecule has 0 heterocycles. The molecule has 0 aromatic heterocycles. The first-order valence-corrected chi connectivity index (χ1v) is 7.04. The van der Waals surface area contributed by atoms with Crippen molar-refractivity contribution in [2.24, 2.45) is 0 Å². The van der Waals surface area contributed by atoms with Crippen molar-refractivity contribution in [3.05, 3.63) is 35.4 Å². The van der Waals surface area contributed by atoms with E-state index in [4.69, 9.17) is 5.11 Å². The Morgan fingerprint density at radius 2 is 2.05 bits per heavy atom. The zero-order valence-corrected chi connectivity index (χ0v) is 12.2. The third-order valence-corrected chi connectivity index (χ3v) is 3.16. The molecule has 1 atom stereocenters. The van der Waals surface area contributed by atoms with Gasteiger partial charge >= 0.3 is 5.97 Å². The summed E-state index contributed by atoms with van der Waals surface area (Å²) in [5, 5.41) is 11.5. The fourth-order valence-electron chi connectivity index (χ4n) is 2.10. The number of benzene rings is 1. The lowest BCUT2D eigenvalue weighted by Gasteiger charge is -2.13. The van der Waals surface area contributed by atoms with Crippen LogP contribution in [0.15, 0.2) is 24.3 Å². The Kier molecular flexibility index (Phi) is 6.77. The number of hydrogen-bond donors (Lipinski definition) is 2. The number of carboxylic acids is 1. The maximum atomic E-state index is 11.8. The maximum absolute atomic E-state index is 11.8. The van der Waals surface area contributed by atoms with Crippen LogP contribution >= 0.6 is 0 Å². The van der Waals surface area contributed by atoms with Crippen molar-refractivity contribution in [3.63, 3.8) is 0 Å². The molecule has 0 radical (unpaired) electrons. The number of carbonyl (C=O) groups is 2. The van der Waals surface area contributed by atoms with E-state index in [-0.39, 0.29) is 18.4 Å². The minimum absolute atomic E-state index is 0.0225. The van der Waals surface area contributed by atoms with E-state index in [2.05, 4.69) is 11.4 Å². The summed E-state index contributed by atoms with van der Waals surface area (Å²) in [5.74, 6) is -0.766. The molecule has 1 unspecified atom stereocenters. The van der Waals surface area contributed by atoms with Gasteiger partial charge in [0.15, 0.2) is 0 Å². The number of aliphatic carboxylic acids is 1. The third-order valence-electron chi connectivity index (χ3n) is 3.16. The highest BCUT2D eigenvalue weighted by molar-refractivity contribution is 5.76. The molecule has 0 saturated carbocycles. The molecule has 0 fully saturated rings. The van der Waals surface area contributed by atoms with E-state index >= 15 is 0 Å². The van der Waals surface area contributed by atoms with Gasteiger partial charge in [-0.1, -0.05) is 29.8 Å². The summed E-state index contributed by atoms with van der Waals surface area (Å²) in [6.07, 6.45) is 2.64. The average Bonchev–Trinajstić information content (AvgIpc) is 2.36. The monoisotopic (exact) mass is 277 g/mol. The molecule has 0 saturated heterocycles. The Bertz CT molecular complexity index is 457. The van der Waals surface area contributed by atoms with Crippen LogP contribution in [0.4, 0.5) is 0 Å². The summed E-state index contributed by atoms with van der Waals surface area (Å²) < 4.78 is 0. The van der Waals surface area contributed by atoms with Crippen LogP contribution < -0.4 is 5.32 Å². The second kappa shape index (κ2) is 8.35. The molecule has 0 aliphatic rings. The molecule has 0 bridgehead atoms. The van der Waals surface area contributed by atoms with E-state index in [0.717, 1.165) is 6.42 Å². The molecule has 1 aromatic rings. The number of amides is 1. The number of carboxylic acid groups (broad SMARTS) is 1. The van der Waals surface area contributed by atoms with Gasteiger partial charge in [0.1, 0.15) is 0 Å². The van der Waals surface area contributed by atoms with Gasteiger partial charge in [0.2, 0.25) is 5.91 Å². The zero-order valence-electron chi connectivity index (χ0n) is 12.2. The Balaban J connectivity index is 2.24. The van der Waals surface area contributed by atoms with Gasteiger partial charge < -0.3 is 10.4 Å². The van der Waals surface area contributed by atoms with Gasteiger partial charge in [0, 0.05) is 18.9 Å². The fraction of sp³-hybridized carbons (Fsp3) is 0.500. The summed E-state index contributed by atoms with van der Waals surface area (Å²) in [7, 11) is 0. The van der Waals surface area contributed by atoms with Crippen molar-refractivity contribution in [1.29, 1.82) is 0 Å². The Hall–Kier alpha value is -1.84. The normalized spacial score (nSPS) is 11.9. The minimum atomic E-state index is -0.789. The summed E-state index contributed by atoms with van der Waals surface area (Å²) >= 11 is 0. The highest BCUT2D eigenvalue weighted by Crippen LogP contribution is 2.07. The maximum Gasteiger partial charge on any atom is 0.303 e. The van der Waals surface area contributed by atoms with Crippen LogP contribution in [0.25, 0.3) is 0 Å². The molecule has 1 amide bonds. The molecule has 2 N–H and O–H groups in total. The number of aryl methyl sites for hydroxylation is 2. The first kappa shape index (κ1) is 16.2. The molecule has 20 heavy (non-hydrogen) atoms. The molecule has 0 aliphatic carbocycles. The van der Waals surface area contributed by atoms with Crippen molar-refractivity contribution < 1.29 is 14.7 Å². The van der Waals surface area contributed by atoms with E-state index in [9.17, 15) is 9.59 Å². The molecule has 0 aliphatic heterocycles. The van der Waals surface area contributed by atoms with Crippen LogP contribution in [-0.2, 0) is 16.0 Å². The van der Waals surface area contributed by atoms with Gasteiger partial charge in [-0.15, -0.1) is 0 Å². The molecule has 4 heteroatoms. The topological polar surface area (TPSA) is 66.4 Å². The van der Waals surface area contributed by atoms with Crippen molar-refractivity contribution in [1.82, 2.24) is 5.32 Å². The summed E-state index contributed by atoms with van der Waals surface area (Å²) in [6, 6.07) is 8.17. The summed E-state index contributed by atoms with van der Waals surface area (Å²) in [4.78, 5) is 22.2. The second-order valence-corrected chi connectivity index (χ2v) is 5.24.